The molecule has 8 nitrogen and oxygen atoms in total. The van der Waals surface area contributed by atoms with Crippen LogP contribution in [-0.2, 0) is 19.1 Å². The average Bonchev–Trinajstić information content (AvgIpc) is 2.71. The first-order valence-electron chi connectivity index (χ1n) is 11.3. The van der Waals surface area contributed by atoms with Crippen molar-refractivity contribution >= 4 is 11.9 Å². The maximum absolute atomic E-state index is 10.0. The van der Waals surface area contributed by atoms with Crippen LogP contribution in [0, 0.1) is 0 Å². The van der Waals surface area contributed by atoms with Gasteiger partial charge in [0.1, 0.15) is 0 Å². The number of carboxylic acid groups (broad SMARTS) is 2. The van der Waals surface area contributed by atoms with Gasteiger partial charge < -0.3 is 29.9 Å². The van der Waals surface area contributed by atoms with E-state index in [2.05, 4.69) is 13.8 Å². The summed E-state index contributed by atoms with van der Waals surface area (Å²) in [5.74, 6) is -1.34. The maximum atomic E-state index is 10.0. The summed E-state index contributed by atoms with van der Waals surface area (Å²) in [6.07, 6.45) is 11.8. The minimum Gasteiger partial charge on any atom is -0.481 e. The molecule has 30 heavy (non-hydrogen) atoms. The van der Waals surface area contributed by atoms with Crippen LogP contribution < -0.4 is 0 Å². The topological polar surface area (TPSA) is 134 Å². The van der Waals surface area contributed by atoms with Crippen LogP contribution in [0.15, 0.2) is 0 Å². The molecule has 0 rings (SSSR count). The van der Waals surface area contributed by atoms with E-state index in [-0.39, 0.29) is 13.2 Å². The Morgan fingerprint density at radius 3 is 1.17 bits per heavy atom. The lowest BCUT2D eigenvalue weighted by Gasteiger charge is -2.01. The predicted molar refractivity (Wildman–Crippen MR) is 118 cm³/mol. The van der Waals surface area contributed by atoms with Gasteiger partial charge in [-0.2, -0.15) is 0 Å². The fourth-order valence-corrected chi connectivity index (χ4v) is 2.21. The molecular formula is C22H46O8. The van der Waals surface area contributed by atoms with Crippen molar-refractivity contribution in [2.75, 3.05) is 39.6 Å². The molecule has 0 aromatic carbocycles. The number of rotatable bonds is 19. The summed E-state index contributed by atoms with van der Waals surface area (Å²) in [5, 5.41) is 33.1. The molecule has 0 bridgehead atoms. The molecule has 0 saturated heterocycles. The standard InChI is InChI=1S/2C8H16O2.C6H14O4/c2*1-2-3-4-5-6-7-8(9)10;7-1-3-9-5-6-10-4-2-8/h2*2-7H2,1H3,(H,9,10);7-8H,1-6H2. The number of hydrogen-bond acceptors (Lipinski definition) is 6. The van der Waals surface area contributed by atoms with Gasteiger partial charge in [0.2, 0.25) is 0 Å². The Bertz CT molecular complexity index is 305. The van der Waals surface area contributed by atoms with Gasteiger partial charge in [-0.15, -0.1) is 0 Å². The Morgan fingerprint density at radius 2 is 0.900 bits per heavy atom. The van der Waals surface area contributed by atoms with Crippen LogP contribution in [0.4, 0.5) is 0 Å². The number of aliphatic hydroxyl groups is 2. The molecule has 0 spiro atoms. The van der Waals surface area contributed by atoms with Gasteiger partial charge in [0.25, 0.3) is 0 Å². The van der Waals surface area contributed by atoms with Crippen molar-refractivity contribution in [1.29, 1.82) is 0 Å². The van der Waals surface area contributed by atoms with Gasteiger partial charge in [-0.25, -0.2) is 0 Å². The van der Waals surface area contributed by atoms with Crippen molar-refractivity contribution < 1.29 is 39.5 Å². The van der Waals surface area contributed by atoms with Crippen LogP contribution in [-0.4, -0.2) is 72.0 Å². The van der Waals surface area contributed by atoms with E-state index >= 15 is 0 Å². The minimum atomic E-state index is -0.670. The highest BCUT2D eigenvalue weighted by atomic mass is 16.5. The summed E-state index contributed by atoms with van der Waals surface area (Å²) < 4.78 is 9.75. The van der Waals surface area contributed by atoms with E-state index in [0.29, 0.717) is 39.3 Å². The second-order valence-electron chi connectivity index (χ2n) is 6.79. The third-order valence-electron chi connectivity index (χ3n) is 3.83. The number of ether oxygens (including phenoxy) is 2. The molecule has 0 aliphatic rings. The molecule has 4 N–H and O–H groups in total. The lowest BCUT2D eigenvalue weighted by Crippen LogP contribution is -2.09. The number of aliphatic hydroxyl groups excluding tert-OH is 2. The van der Waals surface area contributed by atoms with Crippen LogP contribution in [0.25, 0.3) is 0 Å². The van der Waals surface area contributed by atoms with E-state index in [1.54, 1.807) is 0 Å². The van der Waals surface area contributed by atoms with E-state index in [9.17, 15) is 9.59 Å². The molecule has 0 aliphatic heterocycles. The normalized spacial score (nSPS) is 9.87. The van der Waals surface area contributed by atoms with Gasteiger partial charge in [-0.1, -0.05) is 65.2 Å². The lowest BCUT2D eigenvalue weighted by molar-refractivity contribution is -0.138. The third-order valence-corrected chi connectivity index (χ3v) is 3.83. The average molecular weight is 439 g/mol. The molecule has 0 fully saturated rings. The molecule has 0 amide bonds. The molecule has 0 radical (unpaired) electrons. The van der Waals surface area contributed by atoms with Gasteiger partial charge in [-0.3, -0.25) is 9.59 Å². The van der Waals surface area contributed by atoms with Gasteiger partial charge in [0.15, 0.2) is 0 Å². The van der Waals surface area contributed by atoms with Crippen LogP contribution in [0.5, 0.6) is 0 Å². The summed E-state index contributed by atoms with van der Waals surface area (Å²) in [4.78, 5) is 20.1. The molecule has 0 unspecified atom stereocenters. The third kappa shape index (κ3) is 45.5. The highest BCUT2D eigenvalue weighted by molar-refractivity contribution is 5.66. The molecule has 0 heterocycles. The zero-order chi connectivity index (χ0) is 23.3. The Hall–Kier alpha value is -1.22. The smallest absolute Gasteiger partial charge is 0.303 e. The molecule has 0 aromatic rings. The molecule has 0 saturated carbocycles. The predicted octanol–water partition coefficient (Wildman–Crippen LogP) is 3.87. The summed E-state index contributed by atoms with van der Waals surface area (Å²) in [6, 6.07) is 0. The Labute approximate surface area is 182 Å². The summed E-state index contributed by atoms with van der Waals surface area (Å²) >= 11 is 0. The highest BCUT2D eigenvalue weighted by Gasteiger charge is 1.95. The summed E-state index contributed by atoms with van der Waals surface area (Å²) in [7, 11) is 0. The van der Waals surface area contributed by atoms with Gasteiger partial charge in [0.05, 0.1) is 39.6 Å². The number of carboxylic acids is 2. The fraction of sp³-hybridized carbons (Fsp3) is 0.909. The van der Waals surface area contributed by atoms with E-state index in [0.717, 1.165) is 25.7 Å². The number of carbonyl (C=O) groups is 2. The molecule has 0 aromatic heterocycles. The van der Waals surface area contributed by atoms with Crippen LogP contribution in [0.3, 0.4) is 0 Å². The zero-order valence-electron chi connectivity index (χ0n) is 19.1. The molecular weight excluding hydrogens is 392 g/mol. The second kappa shape index (κ2) is 32.4. The first-order valence-corrected chi connectivity index (χ1v) is 11.3. The fourth-order valence-electron chi connectivity index (χ4n) is 2.21. The Morgan fingerprint density at radius 1 is 0.567 bits per heavy atom. The highest BCUT2D eigenvalue weighted by Crippen LogP contribution is 2.04. The van der Waals surface area contributed by atoms with E-state index in [1.165, 1.54) is 38.5 Å². The van der Waals surface area contributed by atoms with Gasteiger partial charge in [0, 0.05) is 12.8 Å². The quantitative estimate of drug-likeness (QED) is 0.223. The maximum Gasteiger partial charge on any atom is 0.303 e. The first kappa shape index (κ1) is 33.4. The van der Waals surface area contributed by atoms with Crippen molar-refractivity contribution in [3.8, 4) is 0 Å². The zero-order valence-corrected chi connectivity index (χ0v) is 19.1. The van der Waals surface area contributed by atoms with Gasteiger partial charge >= 0.3 is 11.9 Å². The minimum absolute atomic E-state index is 0.0417. The van der Waals surface area contributed by atoms with Crippen molar-refractivity contribution in [1.82, 2.24) is 0 Å². The van der Waals surface area contributed by atoms with Crippen molar-refractivity contribution in [3.05, 3.63) is 0 Å². The molecule has 182 valence electrons. The molecule has 8 heteroatoms. The molecule has 0 aliphatic carbocycles. The monoisotopic (exact) mass is 438 g/mol. The number of hydrogen-bond donors (Lipinski definition) is 4. The first-order chi connectivity index (χ1) is 14.5. The second-order valence-corrected chi connectivity index (χ2v) is 6.79. The van der Waals surface area contributed by atoms with Crippen LogP contribution in [0.1, 0.15) is 90.9 Å². The largest absolute Gasteiger partial charge is 0.481 e. The van der Waals surface area contributed by atoms with Crippen molar-refractivity contribution in [2.45, 2.75) is 90.9 Å². The SMILES string of the molecule is CCCCCCCC(=O)O.CCCCCCCC(=O)O.OCCOCCOCCO. The lowest BCUT2D eigenvalue weighted by atomic mass is 10.1. The van der Waals surface area contributed by atoms with Crippen LogP contribution in [0.2, 0.25) is 0 Å². The van der Waals surface area contributed by atoms with E-state index < -0.39 is 11.9 Å². The Kier molecular flexibility index (Phi) is 36.1. The summed E-state index contributed by atoms with van der Waals surface area (Å²) in [5.41, 5.74) is 0. The summed E-state index contributed by atoms with van der Waals surface area (Å²) in [6.45, 7) is 6.03. The van der Waals surface area contributed by atoms with Crippen molar-refractivity contribution in [3.63, 3.8) is 0 Å². The van der Waals surface area contributed by atoms with Crippen LogP contribution >= 0.6 is 0 Å². The molecule has 0 atom stereocenters. The van der Waals surface area contributed by atoms with E-state index in [1.807, 2.05) is 0 Å². The Balaban J connectivity index is -0.000000364. The number of aliphatic carboxylic acids is 2. The van der Waals surface area contributed by atoms with Crippen molar-refractivity contribution in [2.24, 2.45) is 0 Å². The van der Waals surface area contributed by atoms with Gasteiger partial charge in [-0.05, 0) is 12.8 Å². The van der Waals surface area contributed by atoms with E-state index in [4.69, 9.17) is 29.9 Å². The number of unbranched alkanes of at least 4 members (excludes halogenated alkanes) is 8.